The van der Waals surface area contributed by atoms with Crippen LogP contribution in [0, 0.1) is 10.1 Å². The predicted octanol–water partition coefficient (Wildman–Crippen LogP) is 2.22. The normalized spacial score (nSPS) is 11.0. The number of carbonyl (C=O) groups excluding carboxylic acids is 2. The summed E-state index contributed by atoms with van der Waals surface area (Å²) in [5, 5.41) is 30.4. The minimum absolute atomic E-state index is 0.113. The van der Waals surface area contributed by atoms with E-state index >= 15 is 0 Å². The molecule has 0 saturated carbocycles. The Bertz CT molecular complexity index is 1060. The van der Waals surface area contributed by atoms with Crippen molar-refractivity contribution in [3.05, 3.63) is 58.4 Å². The van der Waals surface area contributed by atoms with Crippen molar-refractivity contribution in [1.82, 2.24) is 15.3 Å². The maximum atomic E-state index is 11.8. The van der Waals surface area contributed by atoms with E-state index in [0.717, 1.165) is 0 Å². The number of benzene rings is 1. The Hall–Kier alpha value is -4.15. The zero-order valence-electron chi connectivity index (χ0n) is 13.6. The quantitative estimate of drug-likeness (QED) is 0.355. The van der Waals surface area contributed by atoms with Gasteiger partial charge in [-0.15, -0.1) is 10.2 Å². The Morgan fingerprint density at radius 2 is 2.11 bits per heavy atom. The SMILES string of the molecule is O=C(CNC(=O)c1ccccn1)N=Nc1c(O)[nH]c2ccc([N+](=O)[O-])cc12. The minimum Gasteiger partial charge on any atom is -0.493 e. The molecule has 0 bridgehead atoms. The van der Waals surface area contributed by atoms with Crippen LogP contribution in [0.2, 0.25) is 0 Å². The van der Waals surface area contributed by atoms with Gasteiger partial charge < -0.3 is 15.4 Å². The van der Waals surface area contributed by atoms with E-state index in [1.54, 1.807) is 12.1 Å². The zero-order valence-corrected chi connectivity index (χ0v) is 13.6. The number of H-pyrrole nitrogens is 1. The number of nitrogens with one attached hydrogen (secondary N) is 2. The van der Waals surface area contributed by atoms with Gasteiger partial charge in [-0.25, -0.2) is 0 Å². The van der Waals surface area contributed by atoms with Crippen molar-refractivity contribution in [2.75, 3.05) is 6.54 Å². The van der Waals surface area contributed by atoms with Crippen LogP contribution in [0.1, 0.15) is 10.5 Å². The van der Waals surface area contributed by atoms with Gasteiger partial charge in [0.25, 0.3) is 17.5 Å². The van der Waals surface area contributed by atoms with Crippen LogP contribution < -0.4 is 5.32 Å². The number of azo groups is 1. The van der Waals surface area contributed by atoms with Gasteiger partial charge in [-0.1, -0.05) is 6.07 Å². The molecule has 3 N–H and O–H groups in total. The number of aromatic amines is 1. The molecule has 2 aromatic heterocycles. The van der Waals surface area contributed by atoms with Gasteiger partial charge in [-0.05, 0) is 18.2 Å². The van der Waals surface area contributed by atoms with Gasteiger partial charge in [-0.2, -0.15) is 0 Å². The third-order valence-electron chi connectivity index (χ3n) is 3.51. The molecule has 0 spiro atoms. The van der Waals surface area contributed by atoms with E-state index in [1.807, 2.05) is 0 Å². The molecule has 2 heterocycles. The first-order valence-corrected chi connectivity index (χ1v) is 7.58. The van der Waals surface area contributed by atoms with Gasteiger partial charge >= 0.3 is 0 Å². The van der Waals surface area contributed by atoms with Crippen molar-refractivity contribution in [3.8, 4) is 5.88 Å². The number of amides is 2. The highest BCUT2D eigenvalue weighted by atomic mass is 16.6. The summed E-state index contributed by atoms with van der Waals surface area (Å²) in [5.74, 6) is -1.72. The highest BCUT2D eigenvalue weighted by Crippen LogP contribution is 2.37. The molecule has 11 heteroatoms. The number of nitro groups is 1. The van der Waals surface area contributed by atoms with Gasteiger partial charge in [0.05, 0.1) is 10.4 Å². The van der Waals surface area contributed by atoms with Crippen LogP contribution in [0.5, 0.6) is 5.88 Å². The summed E-state index contributed by atoms with van der Waals surface area (Å²) in [5.41, 5.74) is 0.219. The van der Waals surface area contributed by atoms with E-state index in [9.17, 15) is 24.8 Å². The molecule has 0 atom stereocenters. The number of non-ortho nitro benzene ring substituents is 1. The average Bonchev–Trinajstić information content (AvgIpc) is 2.99. The smallest absolute Gasteiger partial charge is 0.283 e. The second kappa shape index (κ2) is 7.39. The molecule has 2 amide bonds. The van der Waals surface area contributed by atoms with Crippen molar-refractivity contribution >= 4 is 34.1 Å². The summed E-state index contributed by atoms with van der Waals surface area (Å²) in [6, 6.07) is 8.63. The third-order valence-corrected chi connectivity index (χ3v) is 3.51. The van der Waals surface area contributed by atoms with Crippen LogP contribution in [0.15, 0.2) is 52.8 Å². The zero-order chi connectivity index (χ0) is 19.4. The summed E-state index contributed by atoms with van der Waals surface area (Å²) in [6.45, 7) is -0.428. The number of aromatic hydroxyl groups is 1. The Morgan fingerprint density at radius 3 is 2.81 bits per heavy atom. The van der Waals surface area contributed by atoms with Crippen molar-refractivity contribution in [1.29, 1.82) is 0 Å². The summed E-state index contributed by atoms with van der Waals surface area (Å²) in [6.07, 6.45) is 1.44. The molecule has 1 aromatic carbocycles. The van der Waals surface area contributed by atoms with E-state index < -0.39 is 23.3 Å². The van der Waals surface area contributed by atoms with E-state index in [2.05, 4.69) is 25.5 Å². The topological polar surface area (TPSA) is 163 Å². The molecule has 0 aliphatic rings. The Balaban J connectivity index is 1.72. The molecule has 11 nitrogen and oxygen atoms in total. The monoisotopic (exact) mass is 368 g/mol. The van der Waals surface area contributed by atoms with Crippen LogP contribution in [0.25, 0.3) is 10.9 Å². The van der Waals surface area contributed by atoms with Crippen molar-refractivity contribution in [2.24, 2.45) is 10.2 Å². The molecule has 0 fully saturated rings. The fourth-order valence-electron chi connectivity index (χ4n) is 2.25. The van der Waals surface area contributed by atoms with E-state index in [4.69, 9.17) is 0 Å². The van der Waals surface area contributed by atoms with Gasteiger partial charge in [-0.3, -0.25) is 24.7 Å². The molecule has 0 radical (unpaired) electrons. The lowest BCUT2D eigenvalue weighted by atomic mass is 10.2. The minimum atomic E-state index is -0.779. The standard InChI is InChI=1S/C16H12N6O5/c23-13(8-18-15(24)12-3-1-2-6-17-12)20-21-14-10-7-9(22(26)27)4-5-11(10)19-16(14)25/h1-7,19,25H,8H2,(H,18,24). The summed E-state index contributed by atoms with van der Waals surface area (Å²) in [4.78, 5) is 40.3. The number of pyridine rings is 1. The van der Waals surface area contributed by atoms with E-state index in [1.165, 1.54) is 30.5 Å². The maximum Gasteiger partial charge on any atom is 0.283 e. The summed E-state index contributed by atoms with van der Waals surface area (Å²) < 4.78 is 0. The molecule has 136 valence electrons. The van der Waals surface area contributed by atoms with Crippen LogP contribution in [0.4, 0.5) is 11.4 Å². The number of nitro benzene ring substituents is 1. The fourth-order valence-corrected chi connectivity index (χ4v) is 2.25. The van der Waals surface area contributed by atoms with Gasteiger partial charge in [0.2, 0.25) is 5.88 Å². The second-order valence-electron chi connectivity index (χ2n) is 5.30. The number of carbonyl (C=O) groups is 2. The molecule has 0 aliphatic carbocycles. The fraction of sp³-hybridized carbons (Fsp3) is 0.0625. The number of aromatic nitrogens is 2. The van der Waals surface area contributed by atoms with Crippen LogP contribution in [-0.2, 0) is 4.79 Å². The van der Waals surface area contributed by atoms with E-state index in [0.29, 0.717) is 5.52 Å². The van der Waals surface area contributed by atoms with Crippen molar-refractivity contribution < 1.29 is 19.6 Å². The molecule has 0 unspecified atom stereocenters. The van der Waals surface area contributed by atoms with Crippen molar-refractivity contribution in [2.45, 2.75) is 0 Å². The molecule has 3 rings (SSSR count). The molecule has 3 aromatic rings. The van der Waals surface area contributed by atoms with Gasteiger partial charge in [0.15, 0.2) is 5.69 Å². The maximum absolute atomic E-state index is 11.8. The van der Waals surface area contributed by atoms with Crippen LogP contribution in [-0.4, -0.2) is 38.4 Å². The van der Waals surface area contributed by atoms with Crippen molar-refractivity contribution in [3.63, 3.8) is 0 Å². The molecular formula is C16H12N6O5. The van der Waals surface area contributed by atoms with Gasteiger partial charge in [0.1, 0.15) is 12.2 Å². The largest absolute Gasteiger partial charge is 0.493 e. The lowest BCUT2D eigenvalue weighted by molar-refractivity contribution is -0.384. The predicted molar refractivity (Wildman–Crippen MR) is 92.7 cm³/mol. The highest BCUT2D eigenvalue weighted by Gasteiger charge is 2.15. The van der Waals surface area contributed by atoms with Crippen LogP contribution in [0.3, 0.4) is 0 Å². The van der Waals surface area contributed by atoms with E-state index in [-0.39, 0.29) is 28.3 Å². The molecule has 0 saturated heterocycles. The Kier molecular flexibility index (Phi) is 4.84. The summed E-state index contributed by atoms with van der Waals surface area (Å²) in [7, 11) is 0. The first-order valence-electron chi connectivity index (χ1n) is 7.58. The lowest BCUT2D eigenvalue weighted by Crippen LogP contribution is -2.29. The molecule has 27 heavy (non-hydrogen) atoms. The highest BCUT2D eigenvalue weighted by molar-refractivity contribution is 5.96. The lowest BCUT2D eigenvalue weighted by Gasteiger charge is -2.00. The summed E-state index contributed by atoms with van der Waals surface area (Å²) >= 11 is 0. The number of fused-ring (bicyclic) bond motifs is 1. The molecular weight excluding hydrogens is 356 g/mol. The number of rotatable bonds is 5. The average molecular weight is 368 g/mol. The second-order valence-corrected chi connectivity index (χ2v) is 5.30. The number of nitrogens with zero attached hydrogens (tertiary/aromatic N) is 4. The number of hydrogen-bond donors (Lipinski definition) is 3. The Labute approximate surface area is 150 Å². The van der Waals surface area contributed by atoms with Gasteiger partial charge in [0, 0.05) is 23.7 Å². The third kappa shape index (κ3) is 3.92. The van der Waals surface area contributed by atoms with Crippen LogP contribution >= 0.6 is 0 Å². The molecule has 0 aliphatic heterocycles. The number of hydrogen-bond acceptors (Lipinski definition) is 7. The first kappa shape index (κ1) is 17.7. The first-order chi connectivity index (χ1) is 13.0. The Morgan fingerprint density at radius 1 is 1.30 bits per heavy atom.